The number of para-hydroxylation sites is 1. The second-order valence-corrected chi connectivity index (χ2v) is 8.66. The lowest BCUT2D eigenvalue weighted by Gasteiger charge is -2.06. The summed E-state index contributed by atoms with van der Waals surface area (Å²) in [6.45, 7) is 0.520. The number of hydrogen-bond donors (Lipinski definition) is 1. The van der Waals surface area contributed by atoms with Gasteiger partial charge in [-0.05, 0) is 49.1 Å². The van der Waals surface area contributed by atoms with Crippen LogP contribution in [0.15, 0.2) is 48.5 Å². The Labute approximate surface area is 183 Å². The minimum Gasteiger partial charge on any atom is -0.380 e. The van der Waals surface area contributed by atoms with E-state index in [2.05, 4.69) is 5.32 Å². The molecule has 2 heterocycles. The minimum absolute atomic E-state index is 0.182. The summed E-state index contributed by atoms with van der Waals surface area (Å²) in [4.78, 5) is 13.5. The van der Waals surface area contributed by atoms with E-state index in [0.717, 1.165) is 35.3 Å². The fourth-order valence-corrected chi connectivity index (χ4v) is 5.45. The molecule has 31 heavy (non-hydrogen) atoms. The van der Waals surface area contributed by atoms with Crippen LogP contribution >= 0.6 is 11.3 Å². The van der Waals surface area contributed by atoms with Crippen LogP contribution in [-0.4, -0.2) is 22.8 Å². The van der Waals surface area contributed by atoms with Crippen LogP contribution in [0.2, 0.25) is 0 Å². The molecule has 2 aromatic heterocycles. The summed E-state index contributed by atoms with van der Waals surface area (Å²) in [5.74, 6) is -0.562. The van der Waals surface area contributed by atoms with Crippen molar-refractivity contribution in [2.75, 3.05) is 7.11 Å². The summed E-state index contributed by atoms with van der Waals surface area (Å²) < 4.78 is 22.4. The summed E-state index contributed by atoms with van der Waals surface area (Å²) in [5.41, 5.74) is 4.96. The van der Waals surface area contributed by atoms with Crippen LogP contribution in [0, 0.1) is 5.82 Å². The maximum Gasteiger partial charge on any atom is 0.262 e. The summed E-state index contributed by atoms with van der Waals surface area (Å²) in [5, 5.41) is 8.28. The van der Waals surface area contributed by atoms with Crippen LogP contribution < -0.4 is 5.32 Å². The van der Waals surface area contributed by atoms with Crippen molar-refractivity contribution in [1.82, 2.24) is 15.1 Å². The Kier molecular flexibility index (Phi) is 5.29. The van der Waals surface area contributed by atoms with Gasteiger partial charge in [0.05, 0.1) is 29.4 Å². The summed E-state index contributed by atoms with van der Waals surface area (Å²) in [6, 6.07) is 15.0. The van der Waals surface area contributed by atoms with Crippen molar-refractivity contribution in [3.05, 3.63) is 81.7 Å². The molecular weight excluding hydrogens is 413 g/mol. The highest BCUT2D eigenvalue weighted by Crippen LogP contribution is 2.34. The van der Waals surface area contributed by atoms with Gasteiger partial charge in [-0.2, -0.15) is 5.10 Å². The van der Waals surface area contributed by atoms with Crippen molar-refractivity contribution in [2.24, 2.45) is 0 Å². The maximum absolute atomic E-state index is 14.4. The Morgan fingerprint density at radius 3 is 2.84 bits per heavy atom. The van der Waals surface area contributed by atoms with Gasteiger partial charge >= 0.3 is 0 Å². The molecule has 2 aromatic carbocycles. The van der Waals surface area contributed by atoms with E-state index < -0.39 is 0 Å². The topological polar surface area (TPSA) is 56.1 Å². The molecule has 0 atom stereocenters. The van der Waals surface area contributed by atoms with Gasteiger partial charge in [-0.25, -0.2) is 9.07 Å². The molecule has 0 saturated heterocycles. The number of fused-ring (bicyclic) bond motifs is 2. The van der Waals surface area contributed by atoms with Crippen LogP contribution in [0.3, 0.4) is 0 Å². The third-order valence-electron chi connectivity index (χ3n) is 5.69. The zero-order valence-corrected chi connectivity index (χ0v) is 18.0. The molecule has 1 amide bonds. The number of aromatic nitrogens is 2. The van der Waals surface area contributed by atoms with Crippen LogP contribution in [0.4, 0.5) is 4.39 Å². The molecule has 0 radical (unpaired) electrons. The molecule has 5 nitrogen and oxygen atoms in total. The van der Waals surface area contributed by atoms with Crippen LogP contribution in [0.25, 0.3) is 15.8 Å². The normalized spacial score (nSPS) is 13.0. The van der Waals surface area contributed by atoms with E-state index in [9.17, 15) is 9.18 Å². The molecule has 4 aromatic rings. The van der Waals surface area contributed by atoms with Gasteiger partial charge in [0.15, 0.2) is 0 Å². The van der Waals surface area contributed by atoms with Crippen LogP contribution in [-0.2, 0) is 30.7 Å². The van der Waals surface area contributed by atoms with Crippen molar-refractivity contribution in [3.63, 3.8) is 0 Å². The number of halogens is 1. The van der Waals surface area contributed by atoms with E-state index in [-0.39, 0.29) is 18.3 Å². The quantitative estimate of drug-likeness (QED) is 0.474. The number of nitrogens with one attached hydrogen (secondary N) is 1. The van der Waals surface area contributed by atoms with Gasteiger partial charge in [-0.1, -0.05) is 24.3 Å². The standard InChI is InChI=1S/C24H22FN3O2S/c1-30-14-17-22-18(25)10-6-12-21(22)31-23(17)24(29)26-13-19-16-9-5-11-20(16)28(27-19)15-7-3-2-4-8-15/h2-4,6-8,10,12H,5,9,11,13-14H2,1H3,(H,26,29). The van der Waals surface area contributed by atoms with Crippen LogP contribution in [0.1, 0.15) is 38.6 Å². The van der Waals surface area contributed by atoms with Crippen molar-refractivity contribution in [2.45, 2.75) is 32.4 Å². The molecule has 0 fully saturated rings. The maximum atomic E-state index is 14.4. The summed E-state index contributed by atoms with van der Waals surface area (Å²) >= 11 is 1.29. The lowest BCUT2D eigenvalue weighted by Crippen LogP contribution is -2.23. The number of benzene rings is 2. The van der Waals surface area contributed by atoms with Crippen molar-refractivity contribution >= 4 is 27.3 Å². The molecule has 1 aliphatic rings. The molecule has 0 unspecified atom stereocenters. The van der Waals surface area contributed by atoms with Gasteiger partial charge in [0, 0.05) is 28.5 Å². The highest BCUT2D eigenvalue weighted by atomic mass is 32.1. The average molecular weight is 436 g/mol. The number of rotatable bonds is 6. The molecule has 1 N–H and O–H groups in total. The number of nitrogens with zero attached hydrogens (tertiary/aromatic N) is 2. The first-order valence-electron chi connectivity index (χ1n) is 10.3. The minimum atomic E-state index is -0.334. The number of ether oxygens (including phenoxy) is 1. The number of hydrogen-bond acceptors (Lipinski definition) is 4. The molecule has 5 rings (SSSR count). The first-order chi connectivity index (χ1) is 15.2. The fourth-order valence-electron chi connectivity index (χ4n) is 4.32. The van der Waals surface area contributed by atoms with E-state index >= 15 is 0 Å². The molecule has 7 heteroatoms. The van der Waals surface area contributed by atoms with E-state index in [1.165, 1.54) is 28.7 Å². The Morgan fingerprint density at radius 1 is 1.19 bits per heavy atom. The molecule has 0 bridgehead atoms. The predicted molar refractivity (Wildman–Crippen MR) is 119 cm³/mol. The molecule has 0 aliphatic heterocycles. The van der Waals surface area contributed by atoms with Gasteiger partial charge in [0.2, 0.25) is 0 Å². The SMILES string of the molecule is COCc1c(C(=O)NCc2nn(-c3ccccc3)c3c2CCC3)sc2cccc(F)c12. The van der Waals surface area contributed by atoms with Gasteiger partial charge in [0.1, 0.15) is 5.82 Å². The number of methoxy groups -OCH3 is 1. The number of carbonyl (C=O) groups excluding carboxylic acids is 1. The Hall–Kier alpha value is -3.03. The van der Waals surface area contributed by atoms with Gasteiger partial charge in [0.25, 0.3) is 5.91 Å². The van der Waals surface area contributed by atoms with Gasteiger partial charge in [-0.15, -0.1) is 11.3 Å². The smallest absolute Gasteiger partial charge is 0.262 e. The number of thiophene rings is 1. The molecule has 158 valence electrons. The lowest BCUT2D eigenvalue weighted by atomic mass is 10.1. The molecular formula is C24H22FN3O2S. The Morgan fingerprint density at radius 2 is 2.03 bits per heavy atom. The first-order valence-corrected chi connectivity index (χ1v) is 11.1. The zero-order valence-electron chi connectivity index (χ0n) is 17.2. The zero-order chi connectivity index (χ0) is 21.4. The number of carbonyl (C=O) groups is 1. The van der Waals surface area contributed by atoms with E-state index in [0.29, 0.717) is 22.4 Å². The second-order valence-electron chi connectivity index (χ2n) is 7.61. The van der Waals surface area contributed by atoms with Gasteiger partial charge in [-0.3, -0.25) is 4.79 Å². The summed E-state index contributed by atoms with van der Waals surface area (Å²) in [7, 11) is 1.55. The molecule has 0 saturated carbocycles. The van der Waals surface area contributed by atoms with Crippen molar-refractivity contribution in [3.8, 4) is 5.69 Å². The van der Waals surface area contributed by atoms with Crippen LogP contribution in [0.5, 0.6) is 0 Å². The average Bonchev–Trinajstić information content (AvgIpc) is 3.48. The molecule has 1 aliphatic carbocycles. The largest absolute Gasteiger partial charge is 0.380 e. The summed E-state index contributed by atoms with van der Waals surface area (Å²) in [6.07, 6.45) is 3.05. The lowest BCUT2D eigenvalue weighted by molar-refractivity contribution is 0.0950. The highest BCUT2D eigenvalue weighted by Gasteiger charge is 2.25. The third kappa shape index (κ3) is 3.54. The third-order valence-corrected chi connectivity index (χ3v) is 6.88. The van der Waals surface area contributed by atoms with Gasteiger partial charge < -0.3 is 10.1 Å². The number of amides is 1. The Bertz CT molecular complexity index is 1260. The highest BCUT2D eigenvalue weighted by molar-refractivity contribution is 7.21. The predicted octanol–water partition coefficient (Wildman–Crippen LogP) is 4.79. The van der Waals surface area contributed by atoms with E-state index in [1.807, 2.05) is 41.1 Å². The van der Waals surface area contributed by atoms with E-state index in [1.54, 1.807) is 13.2 Å². The fraction of sp³-hybridized carbons (Fsp3) is 0.250. The monoisotopic (exact) mass is 435 g/mol. The molecule has 0 spiro atoms. The second kappa shape index (κ2) is 8.24. The Balaban J connectivity index is 1.43. The van der Waals surface area contributed by atoms with Crippen molar-refractivity contribution in [1.29, 1.82) is 0 Å². The first kappa shape index (κ1) is 19.9. The van der Waals surface area contributed by atoms with Crippen molar-refractivity contribution < 1.29 is 13.9 Å². The van der Waals surface area contributed by atoms with E-state index in [4.69, 9.17) is 9.84 Å².